The molecule has 0 unspecified atom stereocenters. The van der Waals surface area contributed by atoms with Crippen LogP contribution in [0.4, 0.5) is 0 Å². The van der Waals surface area contributed by atoms with Crippen LogP contribution in [0.25, 0.3) is 10.8 Å². The lowest BCUT2D eigenvalue weighted by atomic mass is 10.1. The largest absolute Gasteiger partial charge is 0.332 e. The van der Waals surface area contributed by atoms with Crippen molar-refractivity contribution in [3.05, 3.63) is 40.6 Å². The molecule has 2 aromatic rings. The Morgan fingerprint density at radius 3 is 2.69 bits per heavy atom. The summed E-state index contributed by atoms with van der Waals surface area (Å²) in [6.45, 7) is 2.06. The minimum atomic E-state index is 1.06. The topological polar surface area (TPSA) is 3.88 Å². The molecular formula is C10H8Br2N+. The lowest BCUT2D eigenvalue weighted by molar-refractivity contribution is -0.493. The summed E-state index contributed by atoms with van der Waals surface area (Å²) in [5, 5.41) is 2.47. The highest BCUT2D eigenvalue weighted by Gasteiger charge is 2.13. The van der Waals surface area contributed by atoms with E-state index in [4.69, 9.17) is 0 Å². The van der Waals surface area contributed by atoms with Crippen LogP contribution in [0.5, 0.6) is 0 Å². The third-order valence-corrected chi connectivity index (χ3v) is 4.20. The van der Waals surface area contributed by atoms with Gasteiger partial charge in [0.15, 0.2) is 5.69 Å². The number of rotatable bonds is 0. The van der Waals surface area contributed by atoms with Crippen LogP contribution in [0.15, 0.2) is 34.9 Å². The highest BCUT2D eigenvalue weighted by Crippen LogP contribution is 2.21. The average molecular weight is 302 g/mol. The van der Waals surface area contributed by atoms with Gasteiger partial charge in [0.1, 0.15) is 0 Å². The molecular weight excluding hydrogens is 294 g/mol. The number of pyridine rings is 1. The number of benzene rings is 1. The molecule has 0 amide bonds. The summed E-state index contributed by atoms with van der Waals surface area (Å²) in [5.41, 5.74) is 1.17. The predicted molar refractivity (Wildman–Crippen MR) is 60.9 cm³/mol. The Morgan fingerprint density at radius 1 is 1.23 bits per heavy atom. The quantitative estimate of drug-likeness (QED) is 0.657. The summed E-state index contributed by atoms with van der Waals surface area (Å²) in [4.78, 5) is 0. The van der Waals surface area contributed by atoms with Crippen LogP contribution in [0.3, 0.4) is 0 Å². The number of aryl methyl sites for hydroxylation is 1. The molecule has 3 heteroatoms. The molecule has 2 rings (SSSR count). The zero-order chi connectivity index (χ0) is 9.42. The van der Waals surface area contributed by atoms with Crippen LogP contribution >= 0.6 is 32.1 Å². The molecule has 0 saturated carbocycles. The van der Waals surface area contributed by atoms with Crippen LogP contribution < -0.4 is 3.59 Å². The fraction of sp³-hybridized carbons (Fsp3) is 0.100. The van der Waals surface area contributed by atoms with Crippen LogP contribution in [-0.2, 0) is 0 Å². The molecule has 0 N–H and O–H groups in total. The van der Waals surface area contributed by atoms with Gasteiger partial charge in [-0.25, -0.2) is 0 Å². The predicted octanol–water partition coefficient (Wildman–Crippen LogP) is 3.36. The lowest BCUT2D eigenvalue weighted by Gasteiger charge is -1.98. The summed E-state index contributed by atoms with van der Waals surface area (Å²) in [6, 6.07) is 10.4. The zero-order valence-corrected chi connectivity index (χ0v) is 10.3. The SMILES string of the molecule is Cc1cc2ccccc2c(Br)[n+]1Br. The number of nitrogens with zero attached hydrogens (tertiary/aromatic N) is 1. The van der Waals surface area contributed by atoms with Crippen molar-refractivity contribution in [1.82, 2.24) is 0 Å². The van der Waals surface area contributed by atoms with Gasteiger partial charge in [0.05, 0.1) is 5.39 Å². The van der Waals surface area contributed by atoms with E-state index in [1.807, 2.05) is 15.7 Å². The molecule has 0 aliphatic rings. The van der Waals surface area contributed by atoms with Crippen LogP contribution in [0.1, 0.15) is 5.69 Å². The Balaban J connectivity index is 2.94. The van der Waals surface area contributed by atoms with Gasteiger partial charge in [-0.1, -0.05) is 18.2 Å². The standard InChI is InChI=1S/C10H8Br2N/c1-7-6-8-4-2-3-5-9(8)10(11)13(7)12/h2-6H,1H3/q+1. The van der Waals surface area contributed by atoms with Crippen molar-refractivity contribution in [1.29, 1.82) is 0 Å². The van der Waals surface area contributed by atoms with E-state index in [-0.39, 0.29) is 0 Å². The van der Waals surface area contributed by atoms with Crippen molar-refractivity contribution in [2.45, 2.75) is 6.92 Å². The van der Waals surface area contributed by atoms with Gasteiger partial charge in [0.2, 0.25) is 0 Å². The van der Waals surface area contributed by atoms with Gasteiger partial charge < -0.3 is 0 Å². The van der Waals surface area contributed by atoms with E-state index in [0.29, 0.717) is 0 Å². The Hall–Kier alpha value is -0.410. The molecule has 66 valence electrons. The second-order valence-corrected chi connectivity index (χ2v) is 4.41. The van der Waals surface area contributed by atoms with Crippen molar-refractivity contribution in [3.63, 3.8) is 0 Å². The number of halogens is 2. The van der Waals surface area contributed by atoms with E-state index in [9.17, 15) is 0 Å². The molecule has 13 heavy (non-hydrogen) atoms. The van der Waals surface area contributed by atoms with Crippen molar-refractivity contribution in [2.24, 2.45) is 0 Å². The maximum absolute atomic E-state index is 3.55. The number of aromatic nitrogens is 1. The Bertz CT molecular complexity index is 466. The van der Waals surface area contributed by atoms with Crippen molar-refractivity contribution in [3.8, 4) is 0 Å². The Kier molecular flexibility index (Phi) is 2.39. The van der Waals surface area contributed by atoms with Gasteiger partial charge in [-0.2, -0.15) is 0 Å². The molecule has 0 atom stereocenters. The lowest BCUT2D eigenvalue weighted by Crippen LogP contribution is -2.25. The molecule has 0 aliphatic carbocycles. The second kappa shape index (κ2) is 3.39. The normalized spacial score (nSPS) is 10.7. The monoisotopic (exact) mass is 300 g/mol. The summed E-state index contributed by atoms with van der Waals surface area (Å²) in [7, 11) is 0. The molecule has 0 aliphatic heterocycles. The first kappa shape index (κ1) is 9.16. The van der Waals surface area contributed by atoms with E-state index in [1.54, 1.807) is 0 Å². The van der Waals surface area contributed by atoms with E-state index < -0.39 is 0 Å². The van der Waals surface area contributed by atoms with Crippen LogP contribution in [0, 0.1) is 6.92 Å². The molecule has 1 heterocycles. The minimum absolute atomic E-state index is 1.06. The third kappa shape index (κ3) is 1.51. The number of fused-ring (bicyclic) bond motifs is 1. The number of hydrogen-bond acceptors (Lipinski definition) is 0. The molecule has 0 radical (unpaired) electrons. The van der Waals surface area contributed by atoms with Crippen molar-refractivity contribution in [2.75, 3.05) is 0 Å². The maximum atomic E-state index is 3.55. The first-order chi connectivity index (χ1) is 6.20. The first-order valence-corrected chi connectivity index (χ1v) is 5.46. The molecule has 1 aromatic carbocycles. The Morgan fingerprint density at radius 2 is 1.92 bits per heavy atom. The maximum Gasteiger partial charge on any atom is 0.332 e. The van der Waals surface area contributed by atoms with E-state index in [2.05, 4.69) is 57.2 Å². The van der Waals surface area contributed by atoms with Gasteiger partial charge in [0, 0.05) is 28.9 Å². The fourth-order valence-electron chi connectivity index (χ4n) is 1.35. The van der Waals surface area contributed by atoms with Gasteiger partial charge in [-0.15, -0.1) is 3.59 Å². The van der Waals surface area contributed by atoms with Gasteiger partial charge in [-0.05, 0) is 11.5 Å². The average Bonchev–Trinajstić information content (AvgIpc) is 2.15. The van der Waals surface area contributed by atoms with Crippen molar-refractivity contribution < 1.29 is 3.59 Å². The second-order valence-electron chi connectivity index (χ2n) is 2.94. The smallest absolute Gasteiger partial charge is 0.113 e. The molecule has 1 aromatic heterocycles. The summed E-state index contributed by atoms with van der Waals surface area (Å²) < 4.78 is 3.01. The summed E-state index contributed by atoms with van der Waals surface area (Å²) in [6.07, 6.45) is 0. The summed E-state index contributed by atoms with van der Waals surface area (Å²) in [5.74, 6) is 0. The molecule has 0 bridgehead atoms. The third-order valence-electron chi connectivity index (χ3n) is 2.03. The summed E-state index contributed by atoms with van der Waals surface area (Å²) >= 11 is 7.02. The fourth-order valence-corrected chi connectivity index (χ4v) is 2.29. The van der Waals surface area contributed by atoms with Gasteiger partial charge in [0.25, 0.3) is 4.60 Å². The number of hydrogen-bond donors (Lipinski definition) is 0. The zero-order valence-electron chi connectivity index (χ0n) is 7.09. The molecule has 0 fully saturated rings. The van der Waals surface area contributed by atoms with Crippen LogP contribution in [0.2, 0.25) is 0 Å². The van der Waals surface area contributed by atoms with E-state index >= 15 is 0 Å². The molecule has 1 nitrogen and oxygen atoms in total. The van der Waals surface area contributed by atoms with Gasteiger partial charge >= 0.3 is 16.1 Å². The van der Waals surface area contributed by atoms with E-state index in [1.165, 1.54) is 16.5 Å². The highest BCUT2D eigenvalue weighted by molar-refractivity contribution is 9.11. The van der Waals surface area contributed by atoms with Crippen LogP contribution in [-0.4, -0.2) is 0 Å². The van der Waals surface area contributed by atoms with E-state index in [0.717, 1.165) is 4.60 Å². The van der Waals surface area contributed by atoms with Gasteiger partial charge in [-0.3, -0.25) is 0 Å². The molecule has 0 spiro atoms. The molecule has 0 saturated heterocycles. The highest BCUT2D eigenvalue weighted by atomic mass is 79.9. The van der Waals surface area contributed by atoms with Crippen molar-refractivity contribution >= 4 is 42.8 Å². The minimum Gasteiger partial charge on any atom is -0.113 e. The first-order valence-electron chi connectivity index (χ1n) is 3.96. The Labute approximate surface area is 93.9 Å².